The molecular formula is C28H19F4N7. The number of anilines is 2. The van der Waals surface area contributed by atoms with E-state index in [0.29, 0.717) is 16.9 Å². The first-order valence-electron chi connectivity index (χ1n) is 11.7. The average Bonchev–Trinajstić information content (AvgIpc) is 2.95. The summed E-state index contributed by atoms with van der Waals surface area (Å²) in [5.74, 6) is -0.647. The van der Waals surface area contributed by atoms with Gasteiger partial charge in [-0.2, -0.15) is 18.3 Å². The van der Waals surface area contributed by atoms with E-state index in [1.165, 1.54) is 24.5 Å². The van der Waals surface area contributed by atoms with Crippen molar-refractivity contribution in [3.63, 3.8) is 0 Å². The van der Waals surface area contributed by atoms with Gasteiger partial charge in [0.05, 0.1) is 29.3 Å². The normalized spacial score (nSPS) is 11.6. The first-order valence-corrected chi connectivity index (χ1v) is 11.7. The lowest BCUT2D eigenvalue weighted by Crippen LogP contribution is -2.05. The van der Waals surface area contributed by atoms with Gasteiger partial charge in [0.15, 0.2) is 5.82 Å². The molecule has 7 nitrogen and oxygen atoms in total. The molecule has 0 saturated carbocycles. The van der Waals surface area contributed by atoms with Gasteiger partial charge < -0.3 is 5.32 Å². The van der Waals surface area contributed by atoms with E-state index < -0.39 is 17.6 Å². The minimum atomic E-state index is -4.43. The minimum absolute atomic E-state index is 0.0284. The van der Waals surface area contributed by atoms with Gasteiger partial charge in [0.25, 0.3) is 5.95 Å². The van der Waals surface area contributed by atoms with E-state index in [1.54, 1.807) is 24.4 Å². The molecule has 0 fully saturated rings. The Morgan fingerprint density at radius 3 is 2.33 bits per heavy atom. The van der Waals surface area contributed by atoms with Crippen LogP contribution in [0.25, 0.3) is 22.4 Å². The van der Waals surface area contributed by atoms with Crippen LogP contribution in [0.2, 0.25) is 0 Å². The number of rotatable bonds is 7. The summed E-state index contributed by atoms with van der Waals surface area (Å²) in [6.45, 7) is 0.0883. The Kier molecular flexibility index (Phi) is 7.30. The summed E-state index contributed by atoms with van der Waals surface area (Å²) >= 11 is 0. The number of pyridine rings is 2. The fourth-order valence-electron chi connectivity index (χ4n) is 3.67. The third kappa shape index (κ3) is 6.45. The second kappa shape index (κ2) is 11.1. The van der Waals surface area contributed by atoms with E-state index in [4.69, 9.17) is 0 Å². The number of nitrogens with one attached hydrogen (secondary N) is 1. The number of benzene rings is 2. The number of hydrogen-bond acceptors (Lipinski definition) is 7. The van der Waals surface area contributed by atoms with Crippen LogP contribution in [0.1, 0.15) is 11.3 Å². The Bertz CT molecular complexity index is 1610. The van der Waals surface area contributed by atoms with E-state index in [-0.39, 0.29) is 23.9 Å². The lowest BCUT2D eigenvalue weighted by Gasteiger charge is -2.10. The van der Waals surface area contributed by atoms with E-state index in [9.17, 15) is 17.6 Å². The van der Waals surface area contributed by atoms with Crippen LogP contribution in [0.5, 0.6) is 0 Å². The molecule has 39 heavy (non-hydrogen) atoms. The SMILES string of the molecule is Fc1cnc(N=NCc2ccc(Nc3cccc(C(F)(F)F)c3)cn2)nc1-c1cncc(-c2ccccc2)c1. The van der Waals surface area contributed by atoms with E-state index in [2.05, 4.69) is 35.5 Å². The highest BCUT2D eigenvalue weighted by Crippen LogP contribution is 2.31. The highest BCUT2D eigenvalue weighted by molar-refractivity contribution is 5.70. The molecule has 0 radical (unpaired) electrons. The molecular weight excluding hydrogens is 510 g/mol. The molecule has 0 aliphatic carbocycles. The molecule has 194 valence electrons. The third-order valence-corrected chi connectivity index (χ3v) is 5.55. The van der Waals surface area contributed by atoms with Crippen LogP contribution in [-0.2, 0) is 12.7 Å². The standard InChI is InChI=1S/C28H19F4N7/c29-25-17-35-27(38-26(25)20-11-19(13-33-14-20)18-5-2-1-3-6-18)39-36-16-23-9-10-24(15-34-23)37-22-8-4-7-21(12-22)28(30,31)32/h1-15,17,37H,16H2. The van der Waals surface area contributed by atoms with Crippen molar-refractivity contribution in [2.45, 2.75) is 12.7 Å². The van der Waals surface area contributed by atoms with E-state index >= 15 is 0 Å². The number of hydrogen-bond donors (Lipinski definition) is 1. The van der Waals surface area contributed by atoms with Crippen LogP contribution in [-0.4, -0.2) is 19.9 Å². The maximum Gasteiger partial charge on any atom is 0.416 e. The van der Waals surface area contributed by atoms with Crippen LogP contribution in [0.3, 0.4) is 0 Å². The van der Waals surface area contributed by atoms with Crippen molar-refractivity contribution in [2.75, 3.05) is 5.32 Å². The summed E-state index contributed by atoms with van der Waals surface area (Å²) in [5, 5.41) is 10.9. The summed E-state index contributed by atoms with van der Waals surface area (Å²) in [5.41, 5.74) is 2.86. The largest absolute Gasteiger partial charge is 0.416 e. The maximum atomic E-state index is 14.6. The van der Waals surface area contributed by atoms with Gasteiger partial charge >= 0.3 is 6.18 Å². The average molecular weight is 530 g/mol. The zero-order valence-electron chi connectivity index (χ0n) is 20.1. The fraction of sp³-hybridized carbons (Fsp3) is 0.0714. The predicted molar refractivity (Wildman–Crippen MR) is 138 cm³/mol. The molecule has 0 saturated heterocycles. The Labute approximate surface area is 220 Å². The van der Waals surface area contributed by atoms with Crippen molar-refractivity contribution in [1.29, 1.82) is 0 Å². The summed E-state index contributed by atoms with van der Waals surface area (Å²) in [6.07, 6.45) is 1.27. The van der Waals surface area contributed by atoms with Crippen molar-refractivity contribution >= 4 is 17.3 Å². The molecule has 5 aromatic rings. The van der Waals surface area contributed by atoms with Gasteiger partial charge in [0.1, 0.15) is 12.2 Å². The molecule has 11 heteroatoms. The highest BCUT2D eigenvalue weighted by Gasteiger charge is 2.30. The van der Waals surface area contributed by atoms with Gasteiger partial charge in [-0.15, -0.1) is 5.11 Å². The van der Waals surface area contributed by atoms with Crippen LogP contribution in [0.15, 0.2) is 108 Å². The van der Waals surface area contributed by atoms with Crippen molar-refractivity contribution in [2.24, 2.45) is 10.2 Å². The van der Waals surface area contributed by atoms with Gasteiger partial charge in [-0.05, 0) is 42.0 Å². The molecule has 2 aromatic carbocycles. The molecule has 0 amide bonds. The fourth-order valence-corrected chi connectivity index (χ4v) is 3.67. The lowest BCUT2D eigenvalue weighted by atomic mass is 10.0. The number of nitrogens with zero attached hydrogens (tertiary/aromatic N) is 6. The van der Waals surface area contributed by atoms with Crippen molar-refractivity contribution < 1.29 is 17.6 Å². The molecule has 1 N–H and O–H groups in total. The summed E-state index contributed by atoms with van der Waals surface area (Å²) in [4.78, 5) is 16.5. The molecule has 3 heterocycles. The molecule has 0 atom stereocenters. The molecule has 0 aliphatic rings. The molecule has 0 spiro atoms. The smallest absolute Gasteiger partial charge is 0.354 e. The van der Waals surface area contributed by atoms with Crippen LogP contribution in [0, 0.1) is 5.82 Å². The first kappa shape index (κ1) is 25.6. The van der Waals surface area contributed by atoms with Crippen LogP contribution in [0.4, 0.5) is 34.9 Å². The predicted octanol–water partition coefficient (Wildman–Crippen LogP) is 7.79. The van der Waals surface area contributed by atoms with Crippen molar-refractivity contribution in [1.82, 2.24) is 19.9 Å². The molecule has 5 rings (SSSR count). The molecule has 0 aliphatic heterocycles. The van der Waals surface area contributed by atoms with Crippen molar-refractivity contribution in [3.8, 4) is 22.4 Å². The molecule has 3 aromatic heterocycles. The summed E-state index contributed by atoms with van der Waals surface area (Å²) < 4.78 is 53.3. The van der Waals surface area contributed by atoms with Gasteiger partial charge in [-0.1, -0.05) is 36.4 Å². The Hall–Kier alpha value is -5.06. The zero-order chi connectivity index (χ0) is 27.2. The van der Waals surface area contributed by atoms with E-state index in [1.807, 2.05) is 30.3 Å². The minimum Gasteiger partial charge on any atom is -0.354 e. The van der Waals surface area contributed by atoms with Gasteiger partial charge in [-0.25, -0.2) is 14.4 Å². The van der Waals surface area contributed by atoms with Crippen LogP contribution < -0.4 is 5.32 Å². The van der Waals surface area contributed by atoms with Gasteiger partial charge in [-0.3, -0.25) is 9.97 Å². The number of alkyl halides is 3. The first-order chi connectivity index (χ1) is 18.8. The molecule has 0 bridgehead atoms. The number of halogens is 4. The second-order valence-corrected chi connectivity index (χ2v) is 8.34. The topological polar surface area (TPSA) is 88.3 Å². The number of aromatic nitrogens is 4. The number of azo groups is 1. The summed E-state index contributed by atoms with van der Waals surface area (Å²) in [7, 11) is 0. The molecule has 0 unspecified atom stereocenters. The van der Waals surface area contributed by atoms with Gasteiger partial charge in [0.2, 0.25) is 0 Å². The zero-order valence-corrected chi connectivity index (χ0v) is 20.1. The maximum absolute atomic E-state index is 14.6. The third-order valence-electron chi connectivity index (χ3n) is 5.55. The second-order valence-electron chi connectivity index (χ2n) is 8.34. The Morgan fingerprint density at radius 2 is 1.56 bits per heavy atom. The quantitative estimate of drug-likeness (QED) is 0.172. The summed E-state index contributed by atoms with van der Waals surface area (Å²) in [6, 6.07) is 19.6. The monoisotopic (exact) mass is 529 g/mol. The highest BCUT2D eigenvalue weighted by atomic mass is 19.4. The van der Waals surface area contributed by atoms with Crippen LogP contribution >= 0.6 is 0 Å². The Morgan fingerprint density at radius 1 is 0.744 bits per heavy atom. The Balaban J connectivity index is 1.26. The van der Waals surface area contributed by atoms with E-state index in [0.717, 1.165) is 29.5 Å². The lowest BCUT2D eigenvalue weighted by molar-refractivity contribution is -0.137. The van der Waals surface area contributed by atoms with Crippen molar-refractivity contribution in [3.05, 3.63) is 115 Å². The van der Waals surface area contributed by atoms with Gasteiger partial charge in [0, 0.05) is 29.2 Å².